The quantitative estimate of drug-likeness (QED) is 0.827. The average Bonchev–Trinajstić information content (AvgIpc) is 2.19. The van der Waals surface area contributed by atoms with Crippen molar-refractivity contribution in [3.63, 3.8) is 0 Å². The second-order valence-corrected chi connectivity index (χ2v) is 3.86. The number of rotatable bonds is 4. The van der Waals surface area contributed by atoms with Crippen LogP contribution in [0.2, 0.25) is 5.02 Å². The summed E-state index contributed by atoms with van der Waals surface area (Å²) in [5.41, 5.74) is 7.71. The molecule has 0 saturated heterocycles. The van der Waals surface area contributed by atoms with Gasteiger partial charge in [-0.1, -0.05) is 11.6 Å². The monoisotopic (exact) mass is 228 g/mol. The first-order valence-corrected chi connectivity index (χ1v) is 5.23. The lowest BCUT2D eigenvalue weighted by molar-refractivity contribution is 0.399. The molecule has 1 atom stereocenters. The Hall–Kier alpha value is -0.770. The van der Waals surface area contributed by atoms with E-state index in [0.29, 0.717) is 11.6 Å². The van der Waals surface area contributed by atoms with Crippen molar-refractivity contribution < 1.29 is 4.74 Å². The molecule has 0 aromatic heterocycles. The molecule has 0 saturated carbocycles. The van der Waals surface area contributed by atoms with Crippen LogP contribution in [0.1, 0.15) is 17.2 Å². The number of aryl methyl sites for hydroxylation is 1. The van der Waals surface area contributed by atoms with Crippen LogP contribution in [-0.4, -0.2) is 20.7 Å². The fourth-order valence-corrected chi connectivity index (χ4v) is 1.98. The number of halogens is 1. The minimum atomic E-state index is 0.0670. The van der Waals surface area contributed by atoms with Gasteiger partial charge in [-0.25, -0.2) is 0 Å². The molecule has 0 heterocycles. The van der Waals surface area contributed by atoms with Crippen molar-refractivity contribution in [2.75, 3.05) is 20.7 Å². The maximum absolute atomic E-state index is 6.01. The highest BCUT2D eigenvalue weighted by Crippen LogP contribution is 2.31. The van der Waals surface area contributed by atoms with Gasteiger partial charge in [0.1, 0.15) is 5.75 Å². The molecule has 4 heteroatoms. The van der Waals surface area contributed by atoms with Crippen molar-refractivity contribution in [1.29, 1.82) is 0 Å². The summed E-state index contributed by atoms with van der Waals surface area (Å²) < 4.78 is 5.36. The van der Waals surface area contributed by atoms with Crippen LogP contribution >= 0.6 is 11.6 Å². The first-order valence-electron chi connectivity index (χ1n) is 4.85. The molecule has 1 rings (SSSR count). The topological polar surface area (TPSA) is 47.3 Å². The summed E-state index contributed by atoms with van der Waals surface area (Å²) in [5, 5.41) is 3.84. The van der Waals surface area contributed by atoms with E-state index in [4.69, 9.17) is 22.1 Å². The minimum absolute atomic E-state index is 0.0670. The Labute approximate surface area is 95.6 Å². The first-order chi connectivity index (χ1) is 7.13. The highest BCUT2D eigenvalue weighted by molar-refractivity contribution is 6.30. The van der Waals surface area contributed by atoms with Crippen molar-refractivity contribution in [3.05, 3.63) is 28.3 Å². The standard InChI is InChI=1S/C11H17ClN2O/c1-7-4-8(12)5-9(11(7)15-3)10(6-13)14-2/h4-5,10,14H,6,13H2,1-3H3. The third-order valence-corrected chi connectivity index (χ3v) is 2.65. The molecule has 3 nitrogen and oxygen atoms in total. The lowest BCUT2D eigenvalue weighted by Crippen LogP contribution is -2.25. The lowest BCUT2D eigenvalue weighted by Gasteiger charge is -2.19. The molecule has 15 heavy (non-hydrogen) atoms. The Balaban J connectivity index is 3.24. The van der Waals surface area contributed by atoms with Crippen molar-refractivity contribution in [2.24, 2.45) is 5.73 Å². The van der Waals surface area contributed by atoms with E-state index in [1.807, 2.05) is 26.1 Å². The summed E-state index contributed by atoms with van der Waals surface area (Å²) in [4.78, 5) is 0. The van der Waals surface area contributed by atoms with Gasteiger partial charge in [-0.2, -0.15) is 0 Å². The maximum Gasteiger partial charge on any atom is 0.126 e. The molecular formula is C11H17ClN2O. The van der Waals surface area contributed by atoms with Crippen molar-refractivity contribution in [3.8, 4) is 5.75 Å². The van der Waals surface area contributed by atoms with Gasteiger partial charge >= 0.3 is 0 Å². The molecule has 0 aliphatic heterocycles. The summed E-state index contributed by atoms with van der Waals surface area (Å²) in [6.45, 7) is 2.48. The number of likely N-dealkylation sites (N-methyl/N-ethyl adjacent to an activating group) is 1. The van der Waals surface area contributed by atoms with Gasteiger partial charge in [0.25, 0.3) is 0 Å². The normalized spacial score (nSPS) is 12.6. The van der Waals surface area contributed by atoms with E-state index in [2.05, 4.69) is 5.32 Å². The highest BCUT2D eigenvalue weighted by Gasteiger charge is 2.15. The summed E-state index contributed by atoms with van der Waals surface area (Å²) in [7, 11) is 3.52. The average molecular weight is 229 g/mol. The van der Waals surface area contributed by atoms with E-state index in [1.54, 1.807) is 7.11 Å². The fourth-order valence-electron chi connectivity index (χ4n) is 1.69. The molecular weight excluding hydrogens is 212 g/mol. The molecule has 0 amide bonds. The molecule has 3 N–H and O–H groups in total. The SMILES string of the molecule is CNC(CN)c1cc(Cl)cc(C)c1OC. The molecule has 0 radical (unpaired) electrons. The Kier molecular flexibility index (Phi) is 4.39. The van der Waals surface area contributed by atoms with Gasteiger partial charge in [-0.3, -0.25) is 0 Å². The van der Waals surface area contributed by atoms with Gasteiger partial charge < -0.3 is 15.8 Å². The van der Waals surface area contributed by atoms with Crippen LogP contribution in [0.5, 0.6) is 5.75 Å². The van der Waals surface area contributed by atoms with Crippen LogP contribution in [0.25, 0.3) is 0 Å². The molecule has 1 aromatic rings. The highest BCUT2D eigenvalue weighted by atomic mass is 35.5. The van der Waals surface area contributed by atoms with Crippen LogP contribution in [0.4, 0.5) is 0 Å². The van der Waals surface area contributed by atoms with Gasteiger partial charge in [-0.15, -0.1) is 0 Å². The number of hydrogen-bond donors (Lipinski definition) is 2. The van der Waals surface area contributed by atoms with Gasteiger partial charge in [0.2, 0.25) is 0 Å². The number of hydrogen-bond acceptors (Lipinski definition) is 3. The van der Waals surface area contributed by atoms with Crippen LogP contribution < -0.4 is 15.8 Å². The predicted molar refractivity (Wildman–Crippen MR) is 63.6 cm³/mol. The molecule has 0 bridgehead atoms. The minimum Gasteiger partial charge on any atom is -0.496 e. The third-order valence-electron chi connectivity index (χ3n) is 2.43. The Morgan fingerprint density at radius 2 is 2.20 bits per heavy atom. The number of nitrogens with two attached hydrogens (primary N) is 1. The van der Waals surface area contributed by atoms with E-state index < -0.39 is 0 Å². The molecule has 0 fully saturated rings. The number of nitrogens with one attached hydrogen (secondary N) is 1. The van der Waals surface area contributed by atoms with E-state index in [-0.39, 0.29) is 6.04 Å². The molecule has 0 spiro atoms. The Morgan fingerprint density at radius 3 is 2.67 bits per heavy atom. The molecule has 84 valence electrons. The van der Waals surface area contributed by atoms with Crippen LogP contribution in [-0.2, 0) is 0 Å². The Morgan fingerprint density at radius 1 is 1.53 bits per heavy atom. The van der Waals surface area contributed by atoms with Crippen LogP contribution in [0, 0.1) is 6.92 Å². The zero-order valence-electron chi connectivity index (χ0n) is 9.30. The zero-order valence-corrected chi connectivity index (χ0v) is 10.1. The van der Waals surface area contributed by atoms with E-state index >= 15 is 0 Å². The molecule has 0 aliphatic carbocycles. The second-order valence-electron chi connectivity index (χ2n) is 3.42. The predicted octanol–water partition coefficient (Wildman–Crippen LogP) is 1.88. The third kappa shape index (κ3) is 2.62. The fraction of sp³-hybridized carbons (Fsp3) is 0.455. The van der Waals surface area contributed by atoms with Gasteiger partial charge in [-0.05, 0) is 31.7 Å². The number of methoxy groups -OCH3 is 1. The summed E-state index contributed by atoms with van der Waals surface area (Å²) >= 11 is 6.01. The van der Waals surface area contributed by atoms with Gasteiger partial charge in [0.15, 0.2) is 0 Å². The van der Waals surface area contributed by atoms with E-state index in [9.17, 15) is 0 Å². The van der Waals surface area contributed by atoms with Crippen molar-refractivity contribution in [1.82, 2.24) is 5.32 Å². The summed E-state index contributed by atoms with van der Waals surface area (Å²) in [6.07, 6.45) is 0. The Bertz CT molecular complexity index is 338. The zero-order chi connectivity index (χ0) is 11.4. The smallest absolute Gasteiger partial charge is 0.126 e. The molecule has 1 unspecified atom stereocenters. The van der Waals surface area contributed by atoms with Gasteiger partial charge in [0.05, 0.1) is 7.11 Å². The maximum atomic E-state index is 6.01. The van der Waals surface area contributed by atoms with E-state index in [1.165, 1.54) is 0 Å². The van der Waals surface area contributed by atoms with Crippen molar-refractivity contribution >= 4 is 11.6 Å². The van der Waals surface area contributed by atoms with Crippen LogP contribution in [0.3, 0.4) is 0 Å². The number of ether oxygens (including phenoxy) is 1. The molecule has 0 aliphatic rings. The second kappa shape index (κ2) is 5.35. The first kappa shape index (κ1) is 12.3. The lowest BCUT2D eigenvalue weighted by atomic mass is 10.0. The summed E-state index contributed by atoms with van der Waals surface area (Å²) in [5.74, 6) is 0.851. The largest absolute Gasteiger partial charge is 0.496 e. The van der Waals surface area contributed by atoms with Crippen molar-refractivity contribution in [2.45, 2.75) is 13.0 Å². The van der Waals surface area contributed by atoms with Gasteiger partial charge in [0, 0.05) is 23.2 Å². The summed E-state index contributed by atoms with van der Waals surface area (Å²) in [6, 6.07) is 3.84. The number of benzene rings is 1. The van der Waals surface area contributed by atoms with Crippen LogP contribution in [0.15, 0.2) is 12.1 Å². The molecule has 1 aromatic carbocycles. The van der Waals surface area contributed by atoms with E-state index in [0.717, 1.165) is 16.9 Å².